The Bertz CT molecular complexity index is 926. The lowest BCUT2D eigenvalue weighted by molar-refractivity contribution is -0.119. The number of benzene rings is 2. The highest BCUT2D eigenvalue weighted by Gasteiger charge is 2.15. The van der Waals surface area contributed by atoms with Crippen LogP contribution in [0.25, 0.3) is 0 Å². The number of aromatic nitrogens is 3. The van der Waals surface area contributed by atoms with Gasteiger partial charge in [-0.05, 0) is 37.1 Å². The van der Waals surface area contributed by atoms with E-state index in [4.69, 9.17) is 4.74 Å². The number of hydrogen-bond acceptors (Lipinski definition) is 5. The molecular formula is C22H26N4O2S. The van der Waals surface area contributed by atoms with Gasteiger partial charge >= 0.3 is 0 Å². The molecule has 1 aromatic heterocycles. The van der Waals surface area contributed by atoms with Crippen molar-refractivity contribution in [3.8, 4) is 5.75 Å². The molecule has 1 amide bonds. The number of thioether (sulfide) groups is 1. The standard InChI is InChI=1S/C22H26N4O2S/c1-4-26-20(14-17-10-12-19(28-3)13-11-17)24-25-22(26)29-15-21(27)23-16(2)18-8-6-5-7-9-18/h5-13,16H,4,14-15H2,1-3H3,(H,23,27). The smallest absolute Gasteiger partial charge is 0.230 e. The van der Waals surface area contributed by atoms with Crippen LogP contribution in [0.5, 0.6) is 5.75 Å². The number of carbonyl (C=O) groups excluding carboxylic acids is 1. The van der Waals surface area contributed by atoms with Gasteiger partial charge in [0.2, 0.25) is 5.91 Å². The highest BCUT2D eigenvalue weighted by molar-refractivity contribution is 7.99. The van der Waals surface area contributed by atoms with E-state index in [9.17, 15) is 4.79 Å². The SMILES string of the molecule is CCn1c(Cc2ccc(OC)cc2)nnc1SCC(=O)NC(C)c1ccccc1. The molecule has 6 nitrogen and oxygen atoms in total. The van der Waals surface area contributed by atoms with Crippen molar-refractivity contribution in [3.05, 3.63) is 71.5 Å². The molecule has 0 spiro atoms. The van der Waals surface area contributed by atoms with Gasteiger partial charge in [-0.3, -0.25) is 4.79 Å². The molecule has 1 heterocycles. The predicted molar refractivity (Wildman–Crippen MR) is 115 cm³/mol. The summed E-state index contributed by atoms with van der Waals surface area (Å²) in [6.07, 6.45) is 0.683. The molecule has 0 aliphatic carbocycles. The van der Waals surface area contributed by atoms with Crippen LogP contribution in [0.1, 0.15) is 36.8 Å². The summed E-state index contributed by atoms with van der Waals surface area (Å²) in [6, 6.07) is 17.8. The summed E-state index contributed by atoms with van der Waals surface area (Å²) in [5.74, 6) is 2.00. The van der Waals surface area contributed by atoms with Crippen molar-refractivity contribution in [2.75, 3.05) is 12.9 Å². The third-order valence-electron chi connectivity index (χ3n) is 4.64. The molecule has 3 rings (SSSR count). The Balaban J connectivity index is 1.58. The van der Waals surface area contributed by atoms with E-state index < -0.39 is 0 Å². The molecule has 0 saturated heterocycles. The zero-order valence-corrected chi connectivity index (χ0v) is 17.8. The fourth-order valence-corrected chi connectivity index (χ4v) is 3.87. The van der Waals surface area contributed by atoms with Gasteiger partial charge in [-0.1, -0.05) is 54.2 Å². The summed E-state index contributed by atoms with van der Waals surface area (Å²) < 4.78 is 7.26. The molecule has 0 bridgehead atoms. The van der Waals surface area contributed by atoms with Gasteiger partial charge in [0, 0.05) is 13.0 Å². The van der Waals surface area contributed by atoms with Gasteiger partial charge in [-0.25, -0.2) is 0 Å². The van der Waals surface area contributed by atoms with Gasteiger partial charge < -0.3 is 14.6 Å². The summed E-state index contributed by atoms with van der Waals surface area (Å²) in [5, 5.41) is 12.4. The lowest BCUT2D eigenvalue weighted by atomic mass is 10.1. The van der Waals surface area contributed by atoms with E-state index in [2.05, 4.69) is 27.0 Å². The van der Waals surface area contributed by atoms with Crippen molar-refractivity contribution in [3.63, 3.8) is 0 Å². The minimum Gasteiger partial charge on any atom is -0.497 e. The van der Waals surface area contributed by atoms with Gasteiger partial charge in [-0.15, -0.1) is 10.2 Å². The predicted octanol–water partition coefficient (Wildman–Crippen LogP) is 3.87. The summed E-state index contributed by atoms with van der Waals surface area (Å²) >= 11 is 1.41. The van der Waals surface area contributed by atoms with Crippen molar-refractivity contribution >= 4 is 17.7 Å². The van der Waals surface area contributed by atoms with Crippen LogP contribution in [0.3, 0.4) is 0 Å². The fourth-order valence-electron chi connectivity index (χ4n) is 3.04. The first-order valence-corrected chi connectivity index (χ1v) is 10.6. The fraction of sp³-hybridized carbons (Fsp3) is 0.318. The molecule has 1 N–H and O–H groups in total. The molecule has 0 fully saturated rings. The Hall–Kier alpha value is -2.80. The van der Waals surface area contributed by atoms with Crippen LogP contribution in [-0.4, -0.2) is 33.5 Å². The van der Waals surface area contributed by atoms with Crippen molar-refractivity contribution in [2.45, 2.75) is 38.0 Å². The molecule has 0 radical (unpaired) electrons. The maximum absolute atomic E-state index is 12.4. The van der Waals surface area contributed by atoms with E-state index in [1.807, 2.05) is 61.5 Å². The van der Waals surface area contributed by atoms with Crippen molar-refractivity contribution in [1.29, 1.82) is 0 Å². The number of nitrogens with zero attached hydrogens (tertiary/aromatic N) is 3. The Labute approximate surface area is 175 Å². The number of nitrogens with one attached hydrogen (secondary N) is 1. The van der Waals surface area contributed by atoms with Crippen LogP contribution in [0.4, 0.5) is 0 Å². The van der Waals surface area contributed by atoms with Crippen LogP contribution < -0.4 is 10.1 Å². The zero-order valence-electron chi connectivity index (χ0n) is 17.0. The van der Waals surface area contributed by atoms with E-state index in [1.54, 1.807) is 7.11 Å². The van der Waals surface area contributed by atoms with Gasteiger partial charge in [0.1, 0.15) is 11.6 Å². The average Bonchev–Trinajstić information content (AvgIpc) is 3.14. The first-order chi connectivity index (χ1) is 14.1. The second-order valence-corrected chi connectivity index (χ2v) is 7.60. The molecule has 1 unspecified atom stereocenters. The van der Waals surface area contributed by atoms with Gasteiger partial charge in [0.25, 0.3) is 0 Å². The Morgan fingerprint density at radius 1 is 1.14 bits per heavy atom. The molecule has 152 valence electrons. The molecule has 0 aliphatic rings. The molecule has 29 heavy (non-hydrogen) atoms. The Morgan fingerprint density at radius 2 is 1.86 bits per heavy atom. The summed E-state index contributed by atoms with van der Waals surface area (Å²) in [5.41, 5.74) is 2.23. The van der Waals surface area contributed by atoms with E-state index >= 15 is 0 Å². The van der Waals surface area contributed by atoms with Crippen LogP contribution in [0.15, 0.2) is 59.8 Å². The molecule has 7 heteroatoms. The Morgan fingerprint density at radius 3 is 2.52 bits per heavy atom. The zero-order chi connectivity index (χ0) is 20.6. The van der Waals surface area contributed by atoms with Gasteiger partial charge in [0.15, 0.2) is 5.16 Å². The maximum Gasteiger partial charge on any atom is 0.230 e. The van der Waals surface area contributed by atoms with Crippen LogP contribution in [0, 0.1) is 0 Å². The van der Waals surface area contributed by atoms with E-state index in [0.717, 1.165) is 34.4 Å². The quantitative estimate of drug-likeness (QED) is 0.543. The molecule has 0 saturated carbocycles. The summed E-state index contributed by atoms with van der Waals surface area (Å²) in [7, 11) is 1.66. The van der Waals surface area contributed by atoms with Gasteiger partial charge in [0.05, 0.1) is 18.9 Å². The average molecular weight is 411 g/mol. The molecular weight excluding hydrogens is 384 g/mol. The highest BCUT2D eigenvalue weighted by Crippen LogP contribution is 2.20. The molecule has 3 aromatic rings. The number of methoxy groups -OCH3 is 1. The third kappa shape index (κ3) is 5.60. The van der Waals surface area contributed by atoms with Gasteiger partial charge in [-0.2, -0.15) is 0 Å². The molecule has 2 aromatic carbocycles. The minimum atomic E-state index is -0.0287. The maximum atomic E-state index is 12.4. The van der Waals surface area contributed by atoms with E-state index in [1.165, 1.54) is 11.8 Å². The van der Waals surface area contributed by atoms with Crippen molar-refractivity contribution < 1.29 is 9.53 Å². The topological polar surface area (TPSA) is 69.0 Å². The number of hydrogen-bond donors (Lipinski definition) is 1. The first-order valence-electron chi connectivity index (χ1n) is 9.62. The van der Waals surface area contributed by atoms with Crippen molar-refractivity contribution in [2.24, 2.45) is 0 Å². The number of ether oxygens (including phenoxy) is 1. The monoisotopic (exact) mass is 410 g/mol. The lowest BCUT2D eigenvalue weighted by Crippen LogP contribution is -2.28. The Kier molecular flexibility index (Phi) is 7.30. The van der Waals surface area contributed by atoms with E-state index in [-0.39, 0.29) is 11.9 Å². The van der Waals surface area contributed by atoms with Crippen LogP contribution in [-0.2, 0) is 17.8 Å². The number of carbonyl (C=O) groups is 1. The summed E-state index contributed by atoms with van der Waals surface area (Å²) in [4.78, 5) is 12.4. The first kappa shape index (κ1) is 20.9. The number of rotatable bonds is 9. The lowest BCUT2D eigenvalue weighted by Gasteiger charge is -2.14. The van der Waals surface area contributed by atoms with E-state index in [0.29, 0.717) is 12.2 Å². The minimum absolute atomic E-state index is 0.0197. The number of amides is 1. The largest absolute Gasteiger partial charge is 0.497 e. The molecule has 0 aliphatic heterocycles. The summed E-state index contributed by atoms with van der Waals surface area (Å²) in [6.45, 7) is 4.80. The highest BCUT2D eigenvalue weighted by atomic mass is 32.2. The van der Waals surface area contributed by atoms with Crippen LogP contribution >= 0.6 is 11.8 Å². The second kappa shape index (κ2) is 10.1. The van der Waals surface area contributed by atoms with Crippen LogP contribution in [0.2, 0.25) is 0 Å². The normalized spacial score (nSPS) is 11.8. The molecule has 1 atom stereocenters. The second-order valence-electron chi connectivity index (χ2n) is 6.66. The van der Waals surface area contributed by atoms with Crippen molar-refractivity contribution in [1.82, 2.24) is 20.1 Å². The third-order valence-corrected chi connectivity index (χ3v) is 5.61.